The van der Waals surface area contributed by atoms with E-state index in [1.807, 2.05) is 0 Å². The van der Waals surface area contributed by atoms with Gasteiger partial charge in [-0.3, -0.25) is 0 Å². The fourth-order valence-corrected chi connectivity index (χ4v) is 0. The summed E-state index contributed by atoms with van der Waals surface area (Å²) in [7, 11) is -0.833. The zero-order valence-electron chi connectivity index (χ0n) is 2.01. The maximum atomic E-state index is 8.46. The topological polar surface area (TPSA) is 37.3 Å². The molecule has 0 aliphatic heterocycles. The summed E-state index contributed by atoms with van der Waals surface area (Å²) in [5.41, 5.74) is 0. The maximum Gasteiger partial charge on any atom is 0.324 e. The van der Waals surface area contributed by atoms with Crippen LogP contribution in [0.15, 0.2) is 0 Å². The quantitative estimate of drug-likeness (QED) is 0.422. The fraction of sp³-hybridized carbons (Fsp3) is 0. The molecule has 0 atom stereocenters. The van der Waals surface area contributed by atoms with Gasteiger partial charge in [-0.15, -0.1) is 0 Å². The summed E-state index contributed by atoms with van der Waals surface area (Å²) in [5, 5.41) is 0. The van der Waals surface area contributed by atoms with Gasteiger partial charge in [-0.1, -0.05) is 0 Å². The van der Waals surface area contributed by atoms with Crippen LogP contribution in [0.1, 0.15) is 0 Å². The number of rotatable bonds is 0. The van der Waals surface area contributed by atoms with Crippen molar-refractivity contribution in [3.05, 3.63) is 0 Å². The molecule has 0 rings (SSSR count). The second-order valence-electron chi connectivity index (χ2n) is 0.0816. The molecule has 0 saturated heterocycles. The Morgan fingerprint density at radius 3 is 1.75 bits per heavy atom. The molecule has 0 aliphatic carbocycles. The molecule has 0 aromatic carbocycles. The van der Waals surface area contributed by atoms with Gasteiger partial charge in [0.05, 0.1) is 0 Å². The van der Waals surface area contributed by atoms with E-state index in [-0.39, 0.29) is 27.3 Å². The zero-order valence-corrected chi connectivity index (χ0v) is 6.94. The predicted molar refractivity (Wildman–Crippen MR) is 9.83 cm³/mol. The van der Waals surface area contributed by atoms with Crippen LogP contribution in [-0.2, 0) is 31.9 Å². The molecule has 0 aliphatic rings. The summed E-state index contributed by atoms with van der Waals surface area (Å²) in [6, 6.07) is 0. The molecular weight excluding hydrogens is 175 g/mol. The van der Waals surface area contributed by atoms with Crippen LogP contribution in [0.3, 0.4) is 0 Å². The van der Waals surface area contributed by atoms with E-state index in [4.69, 9.17) is 9.46 Å². The van der Waals surface area contributed by atoms with E-state index >= 15 is 0 Å². The summed E-state index contributed by atoms with van der Waals surface area (Å²) in [6.07, 6.45) is 0. The van der Waals surface area contributed by atoms with Crippen molar-refractivity contribution in [2.24, 2.45) is 0 Å². The summed E-state index contributed by atoms with van der Waals surface area (Å²) in [4.78, 5) is 6.99. The van der Waals surface area contributed by atoms with Crippen LogP contribution in [0.2, 0.25) is 0 Å². The minimum Gasteiger partial charge on any atom is -0.310 e. The Morgan fingerprint density at radius 2 is 1.75 bits per heavy atom. The van der Waals surface area contributed by atoms with Gasteiger partial charge in [0.15, 0.2) is 0 Å². The average molecular weight is 176 g/mol. The van der Waals surface area contributed by atoms with Crippen molar-refractivity contribution in [1.29, 1.82) is 0 Å². The Balaban J connectivity index is 0. The first-order valence-corrected chi connectivity index (χ1v) is 1.15. The van der Waals surface area contributed by atoms with Gasteiger partial charge >= 0.3 is 8.69 Å². The van der Waals surface area contributed by atoms with Gasteiger partial charge in [-0.25, -0.2) is 4.57 Å². The molecule has 0 radical (unpaired) electrons. The Kier molecular flexibility index (Phi) is 20.0. The summed E-state index contributed by atoms with van der Waals surface area (Å²) < 4.78 is 8.46. The summed E-state index contributed by atoms with van der Waals surface area (Å²) in [5.74, 6) is 0. The standard InChI is InChI=1S/Cd.HO2P/c;1-3-2/h;(H,1,2). The van der Waals surface area contributed by atoms with Crippen molar-refractivity contribution < 1.29 is 36.8 Å². The van der Waals surface area contributed by atoms with E-state index in [0.717, 1.165) is 0 Å². The molecule has 4 heteroatoms. The molecular formula is HCdO2P. The van der Waals surface area contributed by atoms with Crippen molar-refractivity contribution in [1.82, 2.24) is 0 Å². The third-order valence-electron chi connectivity index (χ3n) is 0. The molecule has 0 amide bonds. The van der Waals surface area contributed by atoms with Gasteiger partial charge in [0.25, 0.3) is 0 Å². The van der Waals surface area contributed by atoms with Crippen molar-refractivity contribution in [3.63, 3.8) is 0 Å². The van der Waals surface area contributed by atoms with Gasteiger partial charge < -0.3 is 4.89 Å². The molecule has 0 unspecified atom stereocenters. The number of hydrogen-bond donors (Lipinski definition) is 1. The van der Waals surface area contributed by atoms with E-state index in [1.165, 1.54) is 0 Å². The molecule has 0 saturated carbocycles. The summed E-state index contributed by atoms with van der Waals surface area (Å²) >= 11 is 0. The van der Waals surface area contributed by atoms with Crippen LogP contribution in [0.5, 0.6) is 0 Å². The molecule has 20 valence electrons. The van der Waals surface area contributed by atoms with Crippen molar-refractivity contribution >= 4 is 8.69 Å². The molecule has 0 spiro atoms. The fourth-order valence-electron chi connectivity index (χ4n) is 0. The van der Waals surface area contributed by atoms with Crippen LogP contribution < -0.4 is 0 Å². The zero-order chi connectivity index (χ0) is 2.71. The van der Waals surface area contributed by atoms with Crippen LogP contribution in [0.4, 0.5) is 0 Å². The van der Waals surface area contributed by atoms with E-state index in [0.29, 0.717) is 0 Å². The molecule has 0 heterocycles. The van der Waals surface area contributed by atoms with Crippen molar-refractivity contribution in [2.75, 3.05) is 0 Å². The van der Waals surface area contributed by atoms with Gasteiger partial charge in [-0.05, 0) is 0 Å². The van der Waals surface area contributed by atoms with Crippen molar-refractivity contribution in [2.45, 2.75) is 0 Å². The minimum atomic E-state index is -0.833. The van der Waals surface area contributed by atoms with Gasteiger partial charge in [0.1, 0.15) is 0 Å². The largest absolute Gasteiger partial charge is 0.324 e. The Labute approximate surface area is 45.7 Å². The predicted octanol–water partition coefficient (Wildman–Crippen LogP) is 0.183. The molecule has 0 aromatic heterocycles. The van der Waals surface area contributed by atoms with Crippen LogP contribution in [0.25, 0.3) is 0 Å². The van der Waals surface area contributed by atoms with Gasteiger partial charge in [-0.2, -0.15) is 0 Å². The first-order chi connectivity index (χ1) is 1.41. The third-order valence-corrected chi connectivity index (χ3v) is 0. The van der Waals surface area contributed by atoms with Gasteiger partial charge in [0.2, 0.25) is 0 Å². The van der Waals surface area contributed by atoms with Crippen LogP contribution in [-0.4, -0.2) is 4.89 Å². The smallest absolute Gasteiger partial charge is 0.310 e. The summed E-state index contributed by atoms with van der Waals surface area (Å²) in [6.45, 7) is 0. The first kappa shape index (κ1) is 8.88. The van der Waals surface area contributed by atoms with Crippen LogP contribution >= 0.6 is 8.69 Å². The van der Waals surface area contributed by atoms with Crippen LogP contribution in [0, 0.1) is 0 Å². The number of hydrogen-bond acceptors (Lipinski definition) is 1. The molecule has 0 bridgehead atoms. The van der Waals surface area contributed by atoms with Crippen molar-refractivity contribution in [3.8, 4) is 0 Å². The average Bonchev–Trinajstić information content (AvgIpc) is 0.918. The van der Waals surface area contributed by atoms with E-state index in [1.54, 1.807) is 0 Å². The molecule has 1 N–H and O–H groups in total. The Morgan fingerprint density at radius 1 is 1.75 bits per heavy atom. The molecule has 4 heavy (non-hydrogen) atoms. The van der Waals surface area contributed by atoms with Gasteiger partial charge in [0, 0.05) is 27.3 Å². The maximum absolute atomic E-state index is 8.46. The van der Waals surface area contributed by atoms with E-state index in [2.05, 4.69) is 0 Å². The van der Waals surface area contributed by atoms with E-state index < -0.39 is 8.69 Å². The molecule has 0 fully saturated rings. The third kappa shape index (κ3) is 12.1. The second-order valence-corrected chi connectivity index (χ2v) is 0.245. The molecule has 2 nitrogen and oxygen atoms in total. The normalized spacial score (nSPS) is 5.25. The minimum absolute atomic E-state index is 0. The second kappa shape index (κ2) is 9.01. The Bertz CT molecular complexity index is 13.5. The first-order valence-electron chi connectivity index (χ1n) is 0.383. The SMILES string of the molecule is O=PO.[Cd]. The molecule has 0 aromatic rings. The van der Waals surface area contributed by atoms with E-state index in [9.17, 15) is 0 Å². The monoisotopic (exact) mass is 178 g/mol. The Hall–Kier alpha value is 0.982.